The number of alkyl carbamates (subject to hydrolysis) is 1. The van der Waals surface area contributed by atoms with Crippen LogP contribution in [0.15, 0.2) is 0 Å². The molecule has 1 fully saturated rings. The van der Waals surface area contributed by atoms with E-state index in [1.165, 1.54) is 0 Å². The fraction of sp³-hybridized carbons (Fsp3) is 0.833. The first-order valence-corrected chi connectivity index (χ1v) is 8.90. The topological polar surface area (TPSA) is 90.9 Å². The van der Waals surface area contributed by atoms with Crippen LogP contribution in [0.1, 0.15) is 67.2 Å². The maximum Gasteiger partial charge on any atom is 0.408 e. The normalized spacial score (nSPS) is 25.2. The van der Waals surface area contributed by atoms with Crippen LogP contribution >= 0.6 is 0 Å². The molecule has 1 saturated heterocycles. The van der Waals surface area contributed by atoms with Gasteiger partial charge in [0, 0.05) is 0 Å². The second-order valence-electron chi connectivity index (χ2n) is 7.76. The SMILES string of the molecule is CC(C)C(=O)OC1CCCCC(NC(=O)OC(C)(C)C)C(=O)OC1C. The lowest BCUT2D eigenvalue weighted by Gasteiger charge is -2.26. The molecule has 3 unspecified atom stereocenters. The zero-order valence-corrected chi connectivity index (χ0v) is 16.1. The van der Waals surface area contributed by atoms with Crippen LogP contribution in [0.25, 0.3) is 0 Å². The van der Waals surface area contributed by atoms with E-state index in [1.54, 1.807) is 41.5 Å². The maximum absolute atomic E-state index is 12.4. The van der Waals surface area contributed by atoms with Crippen molar-refractivity contribution in [2.24, 2.45) is 5.92 Å². The van der Waals surface area contributed by atoms with Crippen LogP contribution in [-0.2, 0) is 23.8 Å². The zero-order valence-electron chi connectivity index (χ0n) is 16.1. The molecule has 0 spiro atoms. The number of ether oxygens (including phenoxy) is 3. The summed E-state index contributed by atoms with van der Waals surface area (Å²) in [6.45, 7) is 10.5. The van der Waals surface area contributed by atoms with Crippen LogP contribution in [0, 0.1) is 5.92 Å². The number of carbonyl (C=O) groups is 3. The number of esters is 2. The van der Waals surface area contributed by atoms with Crippen LogP contribution in [0.4, 0.5) is 4.79 Å². The lowest BCUT2D eigenvalue weighted by Crippen LogP contribution is -2.45. The van der Waals surface area contributed by atoms with Crippen molar-refractivity contribution in [2.45, 2.75) is 91.1 Å². The van der Waals surface area contributed by atoms with Gasteiger partial charge in [-0.3, -0.25) is 4.79 Å². The summed E-state index contributed by atoms with van der Waals surface area (Å²) < 4.78 is 16.1. The minimum absolute atomic E-state index is 0.239. The lowest BCUT2D eigenvalue weighted by molar-refractivity contribution is -0.170. The van der Waals surface area contributed by atoms with E-state index in [2.05, 4.69) is 5.32 Å². The number of rotatable bonds is 3. The summed E-state index contributed by atoms with van der Waals surface area (Å²) in [5.74, 6) is -1.08. The summed E-state index contributed by atoms with van der Waals surface area (Å²) in [6.07, 6.45) is 0.850. The van der Waals surface area contributed by atoms with Gasteiger partial charge in [0.25, 0.3) is 0 Å². The van der Waals surface area contributed by atoms with Gasteiger partial charge in [0.1, 0.15) is 23.9 Å². The Morgan fingerprint density at radius 2 is 1.80 bits per heavy atom. The van der Waals surface area contributed by atoms with Crippen molar-refractivity contribution in [1.82, 2.24) is 5.32 Å². The Kier molecular flexibility index (Phi) is 7.70. The minimum atomic E-state index is -0.767. The second kappa shape index (κ2) is 9.06. The van der Waals surface area contributed by atoms with E-state index < -0.39 is 35.9 Å². The highest BCUT2D eigenvalue weighted by atomic mass is 16.6. The molecule has 0 aliphatic carbocycles. The molecule has 0 aromatic heterocycles. The highest BCUT2D eigenvalue weighted by Gasteiger charge is 2.32. The fourth-order valence-electron chi connectivity index (χ4n) is 2.41. The predicted molar refractivity (Wildman–Crippen MR) is 91.9 cm³/mol. The molecular weight excluding hydrogens is 326 g/mol. The number of cyclic esters (lactones) is 1. The van der Waals surface area contributed by atoms with Crippen LogP contribution < -0.4 is 5.32 Å². The van der Waals surface area contributed by atoms with Crippen LogP contribution in [-0.4, -0.2) is 41.9 Å². The van der Waals surface area contributed by atoms with Gasteiger partial charge >= 0.3 is 18.0 Å². The Balaban J connectivity index is 2.70. The van der Waals surface area contributed by atoms with Crippen molar-refractivity contribution in [1.29, 1.82) is 0 Å². The summed E-state index contributed by atoms with van der Waals surface area (Å²) >= 11 is 0. The van der Waals surface area contributed by atoms with E-state index in [4.69, 9.17) is 14.2 Å². The molecule has 1 aliphatic rings. The average Bonchev–Trinajstić information content (AvgIpc) is 2.50. The van der Waals surface area contributed by atoms with E-state index >= 15 is 0 Å². The van der Waals surface area contributed by atoms with E-state index in [9.17, 15) is 14.4 Å². The van der Waals surface area contributed by atoms with E-state index in [-0.39, 0.29) is 11.9 Å². The first-order chi connectivity index (χ1) is 11.5. The molecule has 7 heteroatoms. The van der Waals surface area contributed by atoms with Gasteiger partial charge in [-0.1, -0.05) is 20.3 Å². The number of carbonyl (C=O) groups excluding carboxylic acids is 3. The summed E-state index contributed by atoms with van der Waals surface area (Å²) in [5, 5.41) is 2.57. The third kappa shape index (κ3) is 7.75. The Morgan fingerprint density at radius 3 is 2.36 bits per heavy atom. The van der Waals surface area contributed by atoms with Crippen molar-refractivity contribution in [3.8, 4) is 0 Å². The highest BCUT2D eigenvalue weighted by molar-refractivity contribution is 5.81. The fourth-order valence-corrected chi connectivity index (χ4v) is 2.41. The molecule has 1 N–H and O–H groups in total. The van der Waals surface area contributed by atoms with Crippen molar-refractivity contribution >= 4 is 18.0 Å². The van der Waals surface area contributed by atoms with Gasteiger partial charge in [0.05, 0.1) is 5.92 Å². The first-order valence-electron chi connectivity index (χ1n) is 8.90. The van der Waals surface area contributed by atoms with Gasteiger partial charge in [-0.2, -0.15) is 0 Å². The average molecular weight is 357 g/mol. The summed E-state index contributed by atoms with van der Waals surface area (Å²) in [7, 11) is 0. The van der Waals surface area contributed by atoms with Gasteiger partial charge in [-0.15, -0.1) is 0 Å². The summed E-state index contributed by atoms with van der Waals surface area (Å²) in [4.78, 5) is 36.1. The maximum atomic E-state index is 12.4. The van der Waals surface area contributed by atoms with Gasteiger partial charge in [0.2, 0.25) is 0 Å². The molecule has 144 valence electrons. The van der Waals surface area contributed by atoms with Crippen molar-refractivity contribution in [3.05, 3.63) is 0 Å². The monoisotopic (exact) mass is 357 g/mol. The van der Waals surface area contributed by atoms with Crippen molar-refractivity contribution in [3.63, 3.8) is 0 Å². The number of hydrogen-bond acceptors (Lipinski definition) is 6. The standard InChI is InChI=1S/C18H31NO6/c1-11(2)15(20)24-14-10-8-7-9-13(16(21)23-12(14)3)19-17(22)25-18(4,5)6/h11-14H,7-10H2,1-6H3,(H,19,22). The van der Waals surface area contributed by atoms with Crippen LogP contribution in [0.2, 0.25) is 0 Å². The molecule has 7 nitrogen and oxygen atoms in total. The number of hydrogen-bond donors (Lipinski definition) is 1. The smallest absolute Gasteiger partial charge is 0.408 e. The van der Waals surface area contributed by atoms with E-state index in [0.29, 0.717) is 19.3 Å². The molecule has 0 radical (unpaired) electrons. The molecule has 0 saturated carbocycles. The van der Waals surface area contributed by atoms with Crippen molar-refractivity contribution in [2.75, 3.05) is 0 Å². The number of amides is 1. The summed E-state index contributed by atoms with van der Waals surface area (Å²) in [5.41, 5.74) is -0.643. The Bertz CT molecular complexity index is 482. The molecule has 1 amide bonds. The first kappa shape index (κ1) is 21.3. The van der Waals surface area contributed by atoms with Gasteiger partial charge in [0.15, 0.2) is 0 Å². The second-order valence-corrected chi connectivity index (χ2v) is 7.76. The van der Waals surface area contributed by atoms with Gasteiger partial charge in [-0.25, -0.2) is 9.59 Å². The van der Waals surface area contributed by atoms with Gasteiger partial charge in [-0.05, 0) is 47.0 Å². The number of nitrogens with one attached hydrogen (secondary N) is 1. The largest absolute Gasteiger partial charge is 0.458 e. The third-order valence-electron chi connectivity index (χ3n) is 3.77. The molecular formula is C18H31NO6. The Morgan fingerprint density at radius 1 is 1.20 bits per heavy atom. The summed E-state index contributed by atoms with van der Waals surface area (Å²) in [6, 6.07) is -0.767. The minimum Gasteiger partial charge on any atom is -0.458 e. The molecule has 1 rings (SSSR count). The molecule has 3 atom stereocenters. The molecule has 0 bridgehead atoms. The van der Waals surface area contributed by atoms with Crippen molar-refractivity contribution < 1.29 is 28.6 Å². The van der Waals surface area contributed by atoms with E-state index in [0.717, 1.165) is 6.42 Å². The lowest BCUT2D eigenvalue weighted by atomic mass is 10.1. The molecule has 0 aromatic carbocycles. The quantitative estimate of drug-likeness (QED) is 0.617. The highest BCUT2D eigenvalue weighted by Crippen LogP contribution is 2.20. The van der Waals surface area contributed by atoms with Crippen LogP contribution in [0.5, 0.6) is 0 Å². The molecule has 0 aromatic rings. The third-order valence-corrected chi connectivity index (χ3v) is 3.77. The zero-order chi connectivity index (χ0) is 19.2. The Labute approximate surface area is 149 Å². The van der Waals surface area contributed by atoms with Gasteiger partial charge < -0.3 is 19.5 Å². The van der Waals surface area contributed by atoms with E-state index in [1.807, 2.05) is 0 Å². The Hall–Kier alpha value is -1.79. The predicted octanol–water partition coefficient (Wildman–Crippen LogP) is 2.95. The van der Waals surface area contributed by atoms with Crippen LogP contribution in [0.3, 0.4) is 0 Å². The molecule has 25 heavy (non-hydrogen) atoms. The molecule has 1 heterocycles. The molecule has 1 aliphatic heterocycles.